The third-order valence-electron chi connectivity index (χ3n) is 6.85. The lowest BCUT2D eigenvalue weighted by Crippen LogP contribution is -2.43. The van der Waals surface area contributed by atoms with Crippen LogP contribution in [0.4, 0.5) is 0 Å². The molecular formula is C27H32N4O4. The zero-order valence-electron chi connectivity index (χ0n) is 20.1. The number of methoxy groups -OCH3 is 1. The second-order valence-electron chi connectivity index (χ2n) is 9.19. The van der Waals surface area contributed by atoms with Crippen LogP contribution >= 0.6 is 0 Å². The summed E-state index contributed by atoms with van der Waals surface area (Å²) < 4.78 is 12.6. The largest absolute Gasteiger partial charge is 0.497 e. The maximum Gasteiger partial charge on any atom is 0.261 e. The van der Waals surface area contributed by atoms with Gasteiger partial charge in [-0.2, -0.15) is 0 Å². The molecule has 0 spiro atoms. The van der Waals surface area contributed by atoms with Crippen LogP contribution in [-0.2, 0) is 16.0 Å². The van der Waals surface area contributed by atoms with Crippen molar-refractivity contribution in [1.29, 1.82) is 0 Å². The Labute approximate surface area is 204 Å². The van der Waals surface area contributed by atoms with E-state index in [1.807, 2.05) is 41.0 Å². The van der Waals surface area contributed by atoms with Gasteiger partial charge in [0.25, 0.3) is 5.56 Å². The third kappa shape index (κ3) is 5.39. The number of nitrogens with zero attached hydrogens (tertiary/aromatic N) is 3. The van der Waals surface area contributed by atoms with Crippen LogP contribution in [0.3, 0.4) is 0 Å². The predicted molar refractivity (Wildman–Crippen MR) is 134 cm³/mol. The van der Waals surface area contributed by atoms with Crippen LogP contribution in [0.15, 0.2) is 53.3 Å². The summed E-state index contributed by atoms with van der Waals surface area (Å²) in [5, 5.41) is 3.76. The van der Waals surface area contributed by atoms with Crippen LogP contribution in [0.2, 0.25) is 0 Å². The highest BCUT2D eigenvalue weighted by molar-refractivity contribution is 5.78. The number of nitrogens with one attached hydrogen (secondary N) is 1. The minimum atomic E-state index is -0.0403. The van der Waals surface area contributed by atoms with Crippen LogP contribution in [0.5, 0.6) is 5.75 Å². The highest BCUT2D eigenvalue weighted by Gasteiger charge is 2.28. The fourth-order valence-corrected chi connectivity index (χ4v) is 4.77. The third-order valence-corrected chi connectivity index (χ3v) is 6.85. The van der Waals surface area contributed by atoms with Crippen molar-refractivity contribution in [3.05, 3.63) is 70.3 Å². The molecule has 0 bridgehead atoms. The van der Waals surface area contributed by atoms with Gasteiger partial charge in [-0.25, -0.2) is 4.98 Å². The molecule has 1 aliphatic carbocycles. The Hall–Kier alpha value is -3.23. The van der Waals surface area contributed by atoms with Crippen LogP contribution in [0.1, 0.15) is 42.7 Å². The minimum Gasteiger partial charge on any atom is -0.497 e. The summed E-state index contributed by atoms with van der Waals surface area (Å²) in [6.07, 6.45) is 2.70. The Bertz CT molecular complexity index is 1230. The normalized spacial score (nSPS) is 17.3. The van der Waals surface area contributed by atoms with Gasteiger partial charge in [0.1, 0.15) is 11.6 Å². The number of para-hydroxylation sites is 1. The average molecular weight is 477 g/mol. The standard InChI is InChI=1S/C27H32N4O4/c1-34-21-10-6-19(7-11-21)24(30-14-16-35-17-15-30)18-28-26(32)13-12-25-29-23-5-3-2-4-22(23)27(33)31(25)20-8-9-20/h2-7,10-11,20,24H,8-9,12-18H2,1H3,(H,28,32). The van der Waals surface area contributed by atoms with Crippen molar-refractivity contribution < 1.29 is 14.3 Å². The maximum absolute atomic E-state index is 13.1. The molecule has 8 heteroatoms. The predicted octanol–water partition coefficient (Wildman–Crippen LogP) is 2.86. The van der Waals surface area contributed by atoms with Crippen LogP contribution < -0.4 is 15.6 Å². The number of fused-ring (bicyclic) bond motifs is 1. The average Bonchev–Trinajstić information content (AvgIpc) is 3.74. The number of hydrogen-bond acceptors (Lipinski definition) is 6. The van der Waals surface area contributed by atoms with Crippen molar-refractivity contribution >= 4 is 16.8 Å². The van der Waals surface area contributed by atoms with Crippen LogP contribution in [-0.4, -0.2) is 60.3 Å². The Kier molecular flexibility index (Phi) is 7.11. The van der Waals surface area contributed by atoms with Gasteiger partial charge in [0.05, 0.1) is 37.3 Å². The highest BCUT2D eigenvalue weighted by Crippen LogP contribution is 2.35. The van der Waals surface area contributed by atoms with Crippen molar-refractivity contribution in [1.82, 2.24) is 19.8 Å². The number of carbonyl (C=O) groups is 1. The Morgan fingerprint density at radius 2 is 1.89 bits per heavy atom. The van der Waals surface area contributed by atoms with Crippen molar-refractivity contribution in [2.45, 2.75) is 37.8 Å². The first kappa shape index (κ1) is 23.5. The molecule has 2 aromatic carbocycles. The summed E-state index contributed by atoms with van der Waals surface area (Å²) in [7, 11) is 1.65. The SMILES string of the molecule is COc1ccc(C(CNC(=O)CCc2nc3ccccc3c(=O)n2C2CC2)N2CCOCC2)cc1. The van der Waals surface area contributed by atoms with Gasteiger partial charge in [0.15, 0.2) is 0 Å². The van der Waals surface area contributed by atoms with Crippen LogP contribution in [0.25, 0.3) is 10.9 Å². The second kappa shape index (κ2) is 10.6. The molecule has 2 fully saturated rings. The first-order valence-corrected chi connectivity index (χ1v) is 12.4. The number of amides is 1. The minimum absolute atomic E-state index is 0.000366. The van der Waals surface area contributed by atoms with Crippen molar-refractivity contribution in [3.63, 3.8) is 0 Å². The summed E-state index contributed by atoms with van der Waals surface area (Å²) >= 11 is 0. The molecule has 184 valence electrons. The van der Waals surface area contributed by atoms with E-state index < -0.39 is 0 Å². The van der Waals surface area contributed by atoms with Crippen LogP contribution in [0, 0.1) is 0 Å². The lowest BCUT2D eigenvalue weighted by atomic mass is 10.0. The van der Waals surface area contributed by atoms with E-state index in [0.29, 0.717) is 42.9 Å². The molecule has 1 N–H and O–H groups in total. The molecule has 1 saturated carbocycles. The van der Waals surface area contributed by atoms with Gasteiger partial charge in [-0.15, -0.1) is 0 Å². The molecule has 1 saturated heterocycles. The van der Waals surface area contributed by atoms with E-state index in [4.69, 9.17) is 14.5 Å². The van der Waals surface area contributed by atoms with E-state index in [-0.39, 0.29) is 30.0 Å². The number of morpholine rings is 1. The smallest absolute Gasteiger partial charge is 0.261 e. The fraction of sp³-hybridized carbons (Fsp3) is 0.444. The Morgan fingerprint density at radius 3 is 2.60 bits per heavy atom. The number of rotatable bonds is 9. The number of benzene rings is 2. The molecule has 5 rings (SSSR count). The van der Waals surface area contributed by atoms with Gasteiger partial charge in [-0.1, -0.05) is 24.3 Å². The van der Waals surface area contributed by atoms with E-state index in [1.54, 1.807) is 7.11 Å². The van der Waals surface area contributed by atoms with E-state index in [0.717, 1.165) is 37.2 Å². The monoisotopic (exact) mass is 476 g/mol. The van der Waals surface area contributed by atoms with Gasteiger partial charge in [0, 0.05) is 38.5 Å². The highest BCUT2D eigenvalue weighted by atomic mass is 16.5. The van der Waals surface area contributed by atoms with Crippen molar-refractivity contribution in [2.24, 2.45) is 0 Å². The van der Waals surface area contributed by atoms with Crippen molar-refractivity contribution in [2.75, 3.05) is 40.0 Å². The van der Waals surface area contributed by atoms with Gasteiger partial charge in [0.2, 0.25) is 5.91 Å². The van der Waals surface area contributed by atoms with E-state index in [2.05, 4.69) is 22.3 Å². The quantitative estimate of drug-likeness (QED) is 0.511. The molecule has 8 nitrogen and oxygen atoms in total. The molecular weight excluding hydrogens is 444 g/mol. The van der Waals surface area contributed by atoms with Gasteiger partial charge >= 0.3 is 0 Å². The van der Waals surface area contributed by atoms with Crippen molar-refractivity contribution in [3.8, 4) is 5.75 Å². The van der Waals surface area contributed by atoms with E-state index >= 15 is 0 Å². The maximum atomic E-state index is 13.1. The number of hydrogen-bond donors (Lipinski definition) is 1. The lowest BCUT2D eigenvalue weighted by Gasteiger charge is -2.35. The molecule has 1 aliphatic heterocycles. The molecule has 1 amide bonds. The van der Waals surface area contributed by atoms with E-state index in [9.17, 15) is 9.59 Å². The molecule has 1 atom stereocenters. The summed E-state index contributed by atoms with van der Waals surface area (Å²) in [4.78, 5) is 33.1. The zero-order chi connectivity index (χ0) is 24.2. The Morgan fingerprint density at radius 1 is 1.14 bits per heavy atom. The number of aromatic nitrogens is 2. The summed E-state index contributed by atoms with van der Waals surface area (Å²) in [5.74, 6) is 1.47. The molecule has 2 heterocycles. The molecule has 35 heavy (non-hydrogen) atoms. The summed E-state index contributed by atoms with van der Waals surface area (Å²) in [6.45, 7) is 3.52. The second-order valence-corrected chi connectivity index (χ2v) is 9.19. The number of ether oxygens (including phenoxy) is 2. The lowest BCUT2D eigenvalue weighted by molar-refractivity contribution is -0.121. The van der Waals surface area contributed by atoms with Gasteiger partial charge in [-0.05, 0) is 42.7 Å². The molecule has 3 aromatic rings. The zero-order valence-corrected chi connectivity index (χ0v) is 20.1. The summed E-state index contributed by atoms with van der Waals surface area (Å²) in [6, 6.07) is 15.7. The first-order chi connectivity index (χ1) is 17.1. The molecule has 0 radical (unpaired) electrons. The molecule has 2 aliphatic rings. The first-order valence-electron chi connectivity index (χ1n) is 12.4. The number of carbonyl (C=O) groups excluding carboxylic acids is 1. The molecule has 1 aromatic heterocycles. The van der Waals surface area contributed by atoms with Gasteiger partial charge < -0.3 is 14.8 Å². The summed E-state index contributed by atoms with van der Waals surface area (Å²) in [5.41, 5.74) is 1.82. The Balaban J connectivity index is 1.27. The fourth-order valence-electron chi connectivity index (χ4n) is 4.77. The van der Waals surface area contributed by atoms with Gasteiger partial charge in [-0.3, -0.25) is 19.1 Å². The topological polar surface area (TPSA) is 85.7 Å². The van der Waals surface area contributed by atoms with E-state index in [1.165, 1.54) is 0 Å². The molecule has 1 unspecified atom stereocenters. The number of aryl methyl sites for hydroxylation is 1.